The van der Waals surface area contributed by atoms with Gasteiger partial charge in [0.2, 0.25) is 11.7 Å². The molecule has 0 unspecified atom stereocenters. The summed E-state index contributed by atoms with van der Waals surface area (Å²) in [5.74, 6) is 0.423. The molecular formula is C21H20N6O4S. The molecule has 0 radical (unpaired) electrons. The van der Waals surface area contributed by atoms with Crippen LogP contribution < -0.4 is 21.3 Å². The molecule has 0 aliphatic heterocycles. The highest BCUT2D eigenvalue weighted by atomic mass is 32.2. The summed E-state index contributed by atoms with van der Waals surface area (Å²) in [6.45, 7) is 1.84. The Kier molecular flexibility index (Phi) is 5.82. The number of urea groups is 1. The molecule has 2 aromatic heterocycles. The lowest BCUT2D eigenvalue weighted by molar-refractivity contribution is -0.119. The van der Waals surface area contributed by atoms with Crippen molar-refractivity contribution in [3.63, 3.8) is 0 Å². The molecule has 1 atom stereocenters. The van der Waals surface area contributed by atoms with E-state index in [-0.39, 0.29) is 12.1 Å². The lowest BCUT2D eigenvalue weighted by Crippen LogP contribution is -2.39. The minimum Gasteiger partial charge on any atom is -0.496 e. The molecule has 32 heavy (non-hydrogen) atoms. The number of para-hydroxylation sites is 2. The van der Waals surface area contributed by atoms with Gasteiger partial charge in [0.1, 0.15) is 5.75 Å². The highest BCUT2D eigenvalue weighted by Gasteiger charge is 2.22. The van der Waals surface area contributed by atoms with Crippen LogP contribution >= 0.6 is 11.8 Å². The van der Waals surface area contributed by atoms with E-state index < -0.39 is 17.2 Å². The van der Waals surface area contributed by atoms with E-state index in [2.05, 4.69) is 15.5 Å². The Bertz CT molecular complexity index is 1400. The molecule has 11 heteroatoms. The maximum Gasteiger partial charge on any atom is 0.318 e. The number of nitrogens with one attached hydrogen (secondary N) is 1. The van der Waals surface area contributed by atoms with Crippen LogP contribution in [-0.4, -0.2) is 43.5 Å². The summed E-state index contributed by atoms with van der Waals surface area (Å²) >= 11 is 1.10. The van der Waals surface area contributed by atoms with E-state index in [1.165, 1.54) is 4.57 Å². The first-order valence-corrected chi connectivity index (χ1v) is 10.5. The number of ether oxygens (including phenoxy) is 1. The van der Waals surface area contributed by atoms with E-state index in [9.17, 15) is 14.4 Å². The molecule has 0 aliphatic rings. The molecule has 2 aromatic carbocycles. The smallest absolute Gasteiger partial charge is 0.318 e. The normalized spacial score (nSPS) is 12.1. The number of imide groups is 1. The van der Waals surface area contributed by atoms with Gasteiger partial charge in [0.25, 0.3) is 5.56 Å². The second-order valence-corrected chi connectivity index (χ2v) is 8.26. The van der Waals surface area contributed by atoms with Crippen molar-refractivity contribution in [2.75, 3.05) is 7.11 Å². The van der Waals surface area contributed by atoms with Crippen molar-refractivity contribution in [3.05, 3.63) is 64.4 Å². The number of amides is 3. The molecule has 4 aromatic rings. The lowest BCUT2D eigenvalue weighted by atomic mass is 10.2. The fourth-order valence-electron chi connectivity index (χ4n) is 3.39. The number of thioether (sulfide) groups is 1. The number of aromatic nitrogens is 4. The van der Waals surface area contributed by atoms with Crippen molar-refractivity contribution in [1.82, 2.24) is 24.5 Å². The number of rotatable bonds is 6. The van der Waals surface area contributed by atoms with Gasteiger partial charge in [0, 0.05) is 5.56 Å². The van der Waals surface area contributed by atoms with E-state index in [4.69, 9.17) is 10.5 Å². The molecule has 0 bridgehead atoms. The third kappa shape index (κ3) is 3.89. The lowest BCUT2D eigenvalue weighted by Gasteiger charge is -2.14. The van der Waals surface area contributed by atoms with Crippen LogP contribution in [0.3, 0.4) is 0 Å². The molecule has 164 valence electrons. The van der Waals surface area contributed by atoms with Crippen molar-refractivity contribution in [3.8, 4) is 5.75 Å². The van der Waals surface area contributed by atoms with E-state index in [1.54, 1.807) is 36.6 Å². The number of methoxy groups -OCH3 is 1. The fraction of sp³-hybridized carbons (Fsp3) is 0.190. The quantitative estimate of drug-likeness (QED) is 0.426. The molecule has 4 rings (SSSR count). The van der Waals surface area contributed by atoms with Crippen molar-refractivity contribution < 1.29 is 14.3 Å². The first kappa shape index (κ1) is 21.4. The second kappa shape index (κ2) is 8.71. The minimum absolute atomic E-state index is 0.220. The maximum atomic E-state index is 13.3. The highest BCUT2D eigenvalue weighted by Crippen LogP contribution is 2.26. The molecule has 0 fully saturated rings. The van der Waals surface area contributed by atoms with Gasteiger partial charge >= 0.3 is 6.03 Å². The molecule has 0 spiro atoms. The molecule has 10 nitrogen and oxygen atoms in total. The van der Waals surface area contributed by atoms with Crippen LogP contribution in [0.25, 0.3) is 16.7 Å². The molecule has 0 saturated carbocycles. The zero-order chi connectivity index (χ0) is 22.8. The van der Waals surface area contributed by atoms with Gasteiger partial charge in [-0.15, -0.1) is 10.2 Å². The number of benzene rings is 2. The Labute approximate surface area is 186 Å². The monoisotopic (exact) mass is 452 g/mol. The Hall–Kier alpha value is -3.86. The average molecular weight is 452 g/mol. The molecule has 2 heterocycles. The minimum atomic E-state index is -0.926. The van der Waals surface area contributed by atoms with Crippen LogP contribution in [0, 0.1) is 0 Å². The number of nitrogens with two attached hydrogens (primary N) is 1. The largest absolute Gasteiger partial charge is 0.496 e. The van der Waals surface area contributed by atoms with Gasteiger partial charge in [-0.2, -0.15) is 0 Å². The molecule has 3 amide bonds. The van der Waals surface area contributed by atoms with Gasteiger partial charge in [0.05, 0.1) is 29.8 Å². The zero-order valence-electron chi connectivity index (χ0n) is 17.3. The van der Waals surface area contributed by atoms with E-state index in [1.807, 2.05) is 30.3 Å². The summed E-state index contributed by atoms with van der Waals surface area (Å²) in [6, 6.07) is 13.6. The maximum absolute atomic E-state index is 13.3. The Balaban J connectivity index is 1.87. The fourth-order valence-corrected chi connectivity index (χ4v) is 4.25. The number of primary amides is 1. The molecule has 0 saturated heterocycles. The Morgan fingerprint density at radius 3 is 2.62 bits per heavy atom. The summed E-state index contributed by atoms with van der Waals surface area (Å²) in [5, 5.41) is 10.7. The number of hydrogen-bond donors (Lipinski definition) is 2. The van der Waals surface area contributed by atoms with E-state index >= 15 is 0 Å². The van der Waals surface area contributed by atoms with Gasteiger partial charge in [-0.1, -0.05) is 42.1 Å². The van der Waals surface area contributed by atoms with Crippen LogP contribution in [0.15, 0.2) is 58.5 Å². The molecule has 3 N–H and O–H groups in total. The van der Waals surface area contributed by atoms with Crippen LogP contribution in [0.5, 0.6) is 5.75 Å². The van der Waals surface area contributed by atoms with Crippen LogP contribution in [0.2, 0.25) is 0 Å². The Morgan fingerprint density at radius 1 is 1.16 bits per heavy atom. The van der Waals surface area contributed by atoms with E-state index in [0.29, 0.717) is 27.6 Å². The number of hydrogen-bond acceptors (Lipinski definition) is 7. The van der Waals surface area contributed by atoms with Crippen molar-refractivity contribution in [1.29, 1.82) is 0 Å². The summed E-state index contributed by atoms with van der Waals surface area (Å²) in [6.07, 6.45) is 0. The predicted octanol–water partition coefficient (Wildman–Crippen LogP) is 1.78. The van der Waals surface area contributed by atoms with Crippen molar-refractivity contribution in [2.45, 2.75) is 23.9 Å². The van der Waals surface area contributed by atoms with Gasteiger partial charge in [-0.3, -0.25) is 23.9 Å². The topological polar surface area (TPSA) is 134 Å². The Morgan fingerprint density at radius 2 is 1.88 bits per heavy atom. The standard InChI is InChI=1S/C21H20N6O4S/c1-12(17(28)23-19(22)30)32-21-25-24-20-26(11-13-7-3-6-10-16(13)31-2)18(29)14-8-4-5-9-15(14)27(20)21/h3-10,12H,11H2,1-2H3,(H3,22,23,28,30)/t12-/m0/s1. The summed E-state index contributed by atoms with van der Waals surface area (Å²) < 4.78 is 8.67. The van der Waals surface area contributed by atoms with Gasteiger partial charge < -0.3 is 10.5 Å². The number of carbonyl (C=O) groups is 2. The summed E-state index contributed by atoms with van der Waals surface area (Å²) in [5.41, 5.74) is 6.24. The van der Waals surface area contributed by atoms with Crippen LogP contribution in [0.4, 0.5) is 4.79 Å². The third-order valence-electron chi connectivity index (χ3n) is 4.90. The zero-order valence-corrected chi connectivity index (χ0v) is 18.1. The number of carbonyl (C=O) groups excluding carboxylic acids is 2. The number of fused-ring (bicyclic) bond motifs is 3. The highest BCUT2D eigenvalue weighted by molar-refractivity contribution is 8.00. The molecule has 0 aliphatic carbocycles. The summed E-state index contributed by atoms with van der Waals surface area (Å²) in [4.78, 5) is 36.5. The van der Waals surface area contributed by atoms with Crippen molar-refractivity contribution >= 4 is 40.4 Å². The van der Waals surface area contributed by atoms with E-state index in [0.717, 1.165) is 17.3 Å². The van der Waals surface area contributed by atoms with Gasteiger partial charge in [-0.05, 0) is 25.1 Å². The molecular weight excluding hydrogens is 432 g/mol. The SMILES string of the molecule is COc1ccccc1Cn1c(=O)c2ccccc2n2c(S[C@@H](C)C(=O)NC(N)=O)nnc12. The van der Waals surface area contributed by atoms with Crippen LogP contribution in [-0.2, 0) is 11.3 Å². The van der Waals surface area contributed by atoms with Gasteiger partial charge in [-0.25, -0.2) is 4.79 Å². The number of nitrogens with zero attached hydrogens (tertiary/aromatic N) is 4. The average Bonchev–Trinajstić information content (AvgIpc) is 3.20. The second-order valence-electron chi connectivity index (χ2n) is 6.95. The third-order valence-corrected chi connectivity index (χ3v) is 5.94. The van der Waals surface area contributed by atoms with Crippen LogP contribution in [0.1, 0.15) is 12.5 Å². The van der Waals surface area contributed by atoms with Crippen molar-refractivity contribution in [2.24, 2.45) is 5.73 Å². The first-order valence-electron chi connectivity index (χ1n) is 9.66. The summed E-state index contributed by atoms with van der Waals surface area (Å²) in [7, 11) is 1.57. The predicted molar refractivity (Wildman–Crippen MR) is 120 cm³/mol. The first-order chi connectivity index (χ1) is 15.4. The van der Waals surface area contributed by atoms with Gasteiger partial charge in [0.15, 0.2) is 5.16 Å².